The van der Waals surface area contributed by atoms with Crippen LogP contribution in [-0.4, -0.2) is 46.5 Å². The predicted molar refractivity (Wildman–Crippen MR) is 115 cm³/mol. The molecule has 0 saturated carbocycles. The van der Waals surface area contributed by atoms with Gasteiger partial charge in [-0.1, -0.05) is 26.0 Å². The van der Waals surface area contributed by atoms with E-state index in [2.05, 4.69) is 15.4 Å². The lowest BCUT2D eigenvalue weighted by Gasteiger charge is -2.19. The summed E-state index contributed by atoms with van der Waals surface area (Å²) in [7, 11) is -3.67. The van der Waals surface area contributed by atoms with Gasteiger partial charge in [0.15, 0.2) is 5.82 Å². The highest BCUT2D eigenvalue weighted by Crippen LogP contribution is 2.22. The molecule has 8 nitrogen and oxygen atoms in total. The maximum absolute atomic E-state index is 13.0. The zero-order valence-corrected chi connectivity index (χ0v) is 18.3. The van der Waals surface area contributed by atoms with Gasteiger partial charge in [-0.15, -0.1) is 0 Å². The standard InChI is InChI=1S/C21H25N5O3S/c1-5-25(6-2)30(28,29)17-11-10-15(3)18(14-17)21(27)23-20-13-16(4)24-26(20)19-9-7-8-12-22-19/h7-14H,5-6H2,1-4H3,(H,23,27). The number of amides is 1. The summed E-state index contributed by atoms with van der Waals surface area (Å²) in [5, 5.41) is 7.23. The van der Waals surface area contributed by atoms with Gasteiger partial charge in [0.25, 0.3) is 5.91 Å². The molecular weight excluding hydrogens is 402 g/mol. The first-order valence-electron chi connectivity index (χ1n) is 9.68. The largest absolute Gasteiger partial charge is 0.306 e. The molecule has 0 aliphatic carbocycles. The van der Waals surface area contributed by atoms with E-state index in [1.165, 1.54) is 16.4 Å². The Morgan fingerprint density at radius 3 is 2.47 bits per heavy atom. The molecule has 0 atom stereocenters. The van der Waals surface area contributed by atoms with Crippen molar-refractivity contribution in [3.05, 3.63) is 65.5 Å². The minimum absolute atomic E-state index is 0.0939. The Bertz CT molecular complexity index is 1150. The van der Waals surface area contributed by atoms with Crippen LogP contribution in [0.15, 0.2) is 53.6 Å². The monoisotopic (exact) mass is 427 g/mol. The molecule has 1 aromatic carbocycles. The second-order valence-corrected chi connectivity index (χ2v) is 8.73. The van der Waals surface area contributed by atoms with Crippen LogP contribution >= 0.6 is 0 Å². The zero-order valence-electron chi connectivity index (χ0n) is 17.5. The fraction of sp³-hybridized carbons (Fsp3) is 0.286. The van der Waals surface area contributed by atoms with E-state index < -0.39 is 15.9 Å². The molecule has 0 unspecified atom stereocenters. The molecule has 1 N–H and O–H groups in total. The van der Waals surface area contributed by atoms with E-state index in [1.54, 1.807) is 55.9 Å². The number of carbonyl (C=O) groups is 1. The summed E-state index contributed by atoms with van der Waals surface area (Å²) in [6.07, 6.45) is 1.64. The van der Waals surface area contributed by atoms with Crippen LogP contribution < -0.4 is 5.32 Å². The number of aromatic nitrogens is 3. The number of aryl methyl sites for hydroxylation is 2. The molecule has 0 radical (unpaired) electrons. The van der Waals surface area contributed by atoms with Crippen LogP contribution in [0, 0.1) is 13.8 Å². The molecule has 30 heavy (non-hydrogen) atoms. The average molecular weight is 428 g/mol. The summed E-state index contributed by atoms with van der Waals surface area (Å²) in [5.41, 5.74) is 1.67. The van der Waals surface area contributed by atoms with E-state index in [1.807, 2.05) is 13.0 Å². The van der Waals surface area contributed by atoms with Crippen molar-refractivity contribution in [2.24, 2.45) is 0 Å². The van der Waals surface area contributed by atoms with Gasteiger partial charge in [0, 0.05) is 30.9 Å². The van der Waals surface area contributed by atoms with Gasteiger partial charge in [0.1, 0.15) is 5.82 Å². The first kappa shape index (κ1) is 21.7. The number of benzene rings is 1. The van der Waals surface area contributed by atoms with Crippen LogP contribution in [0.1, 0.15) is 35.5 Å². The topological polar surface area (TPSA) is 97.2 Å². The highest BCUT2D eigenvalue weighted by Gasteiger charge is 2.24. The highest BCUT2D eigenvalue weighted by atomic mass is 32.2. The van der Waals surface area contributed by atoms with Gasteiger partial charge in [-0.3, -0.25) is 4.79 Å². The van der Waals surface area contributed by atoms with Crippen LogP contribution in [0.2, 0.25) is 0 Å². The third-order valence-electron chi connectivity index (χ3n) is 4.74. The Hall–Kier alpha value is -3.04. The molecule has 0 aliphatic heterocycles. The molecule has 0 bridgehead atoms. The van der Waals surface area contributed by atoms with E-state index in [4.69, 9.17) is 0 Å². The van der Waals surface area contributed by atoms with Gasteiger partial charge >= 0.3 is 0 Å². The number of nitrogens with one attached hydrogen (secondary N) is 1. The van der Waals surface area contributed by atoms with Crippen molar-refractivity contribution < 1.29 is 13.2 Å². The predicted octanol–water partition coefficient (Wildman–Crippen LogP) is 3.17. The number of sulfonamides is 1. The van der Waals surface area contributed by atoms with Gasteiger partial charge in [-0.05, 0) is 43.7 Å². The Kier molecular flexibility index (Phi) is 6.33. The first-order chi connectivity index (χ1) is 14.3. The van der Waals surface area contributed by atoms with E-state index in [9.17, 15) is 13.2 Å². The Balaban J connectivity index is 1.96. The normalized spacial score (nSPS) is 11.6. The lowest BCUT2D eigenvalue weighted by Crippen LogP contribution is -2.31. The maximum Gasteiger partial charge on any atom is 0.257 e. The summed E-state index contributed by atoms with van der Waals surface area (Å²) < 4.78 is 28.6. The van der Waals surface area contributed by atoms with Crippen molar-refractivity contribution in [2.45, 2.75) is 32.6 Å². The SMILES string of the molecule is CCN(CC)S(=O)(=O)c1ccc(C)c(C(=O)Nc2cc(C)nn2-c2ccccn2)c1. The van der Waals surface area contributed by atoms with Crippen LogP contribution in [0.5, 0.6) is 0 Å². The smallest absolute Gasteiger partial charge is 0.257 e. The highest BCUT2D eigenvalue weighted by molar-refractivity contribution is 7.89. The molecular formula is C21H25N5O3S. The molecule has 0 saturated heterocycles. The minimum atomic E-state index is -3.67. The molecule has 2 heterocycles. The van der Waals surface area contributed by atoms with Crippen molar-refractivity contribution in [1.82, 2.24) is 19.1 Å². The van der Waals surface area contributed by atoms with Crippen LogP contribution in [0.4, 0.5) is 5.82 Å². The van der Waals surface area contributed by atoms with E-state index in [0.717, 1.165) is 0 Å². The van der Waals surface area contributed by atoms with Crippen molar-refractivity contribution in [2.75, 3.05) is 18.4 Å². The minimum Gasteiger partial charge on any atom is -0.306 e. The van der Waals surface area contributed by atoms with Crippen LogP contribution in [-0.2, 0) is 10.0 Å². The second kappa shape index (κ2) is 8.76. The lowest BCUT2D eigenvalue weighted by atomic mass is 10.1. The Morgan fingerprint density at radius 2 is 1.83 bits per heavy atom. The molecule has 3 aromatic rings. The van der Waals surface area contributed by atoms with Gasteiger partial charge < -0.3 is 5.32 Å². The van der Waals surface area contributed by atoms with Crippen molar-refractivity contribution in [3.8, 4) is 5.82 Å². The number of nitrogens with zero attached hydrogens (tertiary/aromatic N) is 4. The first-order valence-corrected chi connectivity index (χ1v) is 11.1. The number of hydrogen-bond donors (Lipinski definition) is 1. The molecule has 0 aliphatic rings. The molecule has 3 rings (SSSR count). The van der Waals surface area contributed by atoms with Gasteiger partial charge in [-0.25, -0.2) is 13.4 Å². The second-order valence-electron chi connectivity index (χ2n) is 6.79. The Labute approximate surface area is 176 Å². The molecule has 9 heteroatoms. The van der Waals surface area contributed by atoms with E-state index in [-0.39, 0.29) is 10.5 Å². The summed E-state index contributed by atoms with van der Waals surface area (Å²) in [6.45, 7) is 7.86. The van der Waals surface area contributed by atoms with Gasteiger partial charge in [0.05, 0.1) is 10.6 Å². The molecule has 0 spiro atoms. The van der Waals surface area contributed by atoms with Crippen molar-refractivity contribution in [1.29, 1.82) is 0 Å². The maximum atomic E-state index is 13.0. The summed E-state index contributed by atoms with van der Waals surface area (Å²) in [5.74, 6) is 0.601. The number of pyridine rings is 1. The van der Waals surface area contributed by atoms with Crippen LogP contribution in [0.3, 0.4) is 0 Å². The molecule has 2 aromatic heterocycles. The summed E-state index contributed by atoms with van der Waals surface area (Å²) in [4.78, 5) is 17.4. The number of carbonyl (C=O) groups excluding carboxylic acids is 1. The quantitative estimate of drug-likeness (QED) is 0.625. The number of hydrogen-bond acceptors (Lipinski definition) is 5. The number of anilines is 1. The molecule has 0 fully saturated rings. The van der Waals surface area contributed by atoms with E-state index >= 15 is 0 Å². The fourth-order valence-corrected chi connectivity index (χ4v) is 4.63. The van der Waals surface area contributed by atoms with Crippen molar-refractivity contribution in [3.63, 3.8) is 0 Å². The average Bonchev–Trinajstić information content (AvgIpc) is 3.09. The fourth-order valence-electron chi connectivity index (χ4n) is 3.14. The molecule has 1 amide bonds. The van der Waals surface area contributed by atoms with Crippen molar-refractivity contribution >= 4 is 21.7 Å². The summed E-state index contributed by atoms with van der Waals surface area (Å²) >= 11 is 0. The number of rotatable bonds is 7. The van der Waals surface area contributed by atoms with Gasteiger partial charge in [-0.2, -0.15) is 14.1 Å². The third kappa shape index (κ3) is 4.27. The Morgan fingerprint density at radius 1 is 1.10 bits per heavy atom. The van der Waals surface area contributed by atoms with Gasteiger partial charge in [0.2, 0.25) is 10.0 Å². The van der Waals surface area contributed by atoms with Crippen LogP contribution in [0.25, 0.3) is 5.82 Å². The van der Waals surface area contributed by atoms with E-state index in [0.29, 0.717) is 36.0 Å². The molecule has 158 valence electrons. The summed E-state index contributed by atoms with van der Waals surface area (Å²) in [6, 6.07) is 11.7. The zero-order chi connectivity index (χ0) is 21.9. The third-order valence-corrected chi connectivity index (χ3v) is 6.78. The lowest BCUT2D eigenvalue weighted by molar-refractivity contribution is 0.102.